The highest BCUT2D eigenvalue weighted by Gasteiger charge is 2.28. The van der Waals surface area contributed by atoms with Crippen molar-refractivity contribution < 1.29 is 0 Å². The summed E-state index contributed by atoms with van der Waals surface area (Å²) in [5.41, 5.74) is 0. The van der Waals surface area contributed by atoms with Gasteiger partial charge in [-0.15, -0.1) is 0 Å². The van der Waals surface area contributed by atoms with Crippen molar-refractivity contribution in [2.75, 3.05) is 26.7 Å². The summed E-state index contributed by atoms with van der Waals surface area (Å²) in [6, 6.07) is 0.824. The molecule has 0 aromatic rings. The molecule has 2 atom stereocenters. The predicted molar refractivity (Wildman–Crippen MR) is 55.9 cm³/mol. The summed E-state index contributed by atoms with van der Waals surface area (Å²) in [5, 5.41) is 3.56. The quantitative estimate of drug-likeness (QED) is 0.610. The van der Waals surface area contributed by atoms with Crippen LogP contribution in [0.15, 0.2) is 0 Å². The van der Waals surface area contributed by atoms with E-state index < -0.39 is 0 Å². The highest BCUT2D eigenvalue weighted by atomic mass is 15.2. The second kappa shape index (κ2) is 4.43. The summed E-state index contributed by atoms with van der Waals surface area (Å²) in [7, 11) is 2.30. The van der Waals surface area contributed by atoms with Crippen molar-refractivity contribution >= 4 is 0 Å². The van der Waals surface area contributed by atoms with E-state index in [1.807, 2.05) is 0 Å². The number of nitrogens with zero attached hydrogens (tertiary/aromatic N) is 1. The maximum absolute atomic E-state index is 3.56. The fourth-order valence-electron chi connectivity index (χ4n) is 2.88. The van der Waals surface area contributed by atoms with Crippen molar-refractivity contribution in [1.82, 2.24) is 10.2 Å². The van der Waals surface area contributed by atoms with Gasteiger partial charge in [-0.1, -0.05) is 6.42 Å². The number of fused-ring (bicyclic) bond motifs is 1. The Morgan fingerprint density at radius 2 is 2.00 bits per heavy atom. The molecule has 2 aliphatic heterocycles. The van der Waals surface area contributed by atoms with Crippen LogP contribution < -0.4 is 5.32 Å². The van der Waals surface area contributed by atoms with E-state index in [1.165, 1.54) is 51.7 Å². The second-order valence-electron chi connectivity index (χ2n) is 4.65. The van der Waals surface area contributed by atoms with Crippen molar-refractivity contribution in [2.45, 2.75) is 38.1 Å². The van der Waals surface area contributed by atoms with E-state index in [1.54, 1.807) is 0 Å². The summed E-state index contributed by atoms with van der Waals surface area (Å²) in [6.07, 6.45) is 7.16. The van der Waals surface area contributed by atoms with Crippen molar-refractivity contribution in [1.29, 1.82) is 0 Å². The lowest BCUT2D eigenvalue weighted by molar-refractivity contribution is 0.191. The van der Waals surface area contributed by atoms with Crippen LogP contribution in [0.25, 0.3) is 0 Å². The van der Waals surface area contributed by atoms with E-state index in [-0.39, 0.29) is 0 Å². The molecule has 0 aliphatic carbocycles. The largest absolute Gasteiger partial charge is 0.315 e. The van der Waals surface area contributed by atoms with Gasteiger partial charge >= 0.3 is 0 Å². The lowest BCUT2D eigenvalue weighted by Crippen LogP contribution is -2.42. The molecule has 2 nitrogen and oxygen atoms in total. The monoisotopic (exact) mass is 182 g/mol. The predicted octanol–water partition coefficient (Wildman–Crippen LogP) is 1.47. The molecule has 0 amide bonds. The van der Waals surface area contributed by atoms with Crippen LogP contribution in [0, 0.1) is 5.92 Å². The van der Waals surface area contributed by atoms with Gasteiger partial charge in [0.25, 0.3) is 0 Å². The summed E-state index contributed by atoms with van der Waals surface area (Å²) in [5.74, 6) is 0.975. The average Bonchev–Trinajstić information content (AvgIpc) is 2.43. The van der Waals surface area contributed by atoms with Crippen molar-refractivity contribution in [3.63, 3.8) is 0 Å². The molecule has 1 N–H and O–H groups in total. The Hall–Kier alpha value is -0.0800. The molecule has 2 aliphatic rings. The fourth-order valence-corrected chi connectivity index (χ4v) is 2.88. The van der Waals surface area contributed by atoms with E-state index in [4.69, 9.17) is 0 Å². The highest BCUT2D eigenvalue weighted by molar-refractivity contribution is 4.84. The smallest absolute Gasteiger partial charge is 0.0245 e. The first-order valence-electron chi connectivity index (χ1n) is 5.79. The molecule has 0 saturated carbocycles. The van der Waals surface area contributed by atoms with Crippen LogP contribution in [0.3, 0.4) is 0 Å². The molecule has 0 spiro atoms. The minimum Gasteiger partial charge on any atom is -0.315 e. The molecule has 2 heterocycles. The number of likely N-dealkylation sites (tertiary alicyclic amines) is 1. The molecular formula is C11H22N2. The van der Waals surface area contributed by atoms with E-state index in [9.17, 15) is 0 Å². The molecule has 2 saturated heterocycles. The molecule has 76 valence electrons. The van der Waals surface area contributed by atoms with Crippen LogP contribution in [-0.2, 0) is 0 Å². The van der Waals surface area contributed by atoms with Crippen LogP contribution in [0.1, 0.15) is 32.1 Å². The molecule has 0 radical (unpaired) electrons. The van der Waals surface area contributed by atoms with Gasteiger partial charge in [0.15, 0.2) is 0 Å². The van der Waals surface area contributed by atoms with E-state index in [0.29, 0.717) is 0 Å². The fraction of sp³-hybridized carbons (Fsp3) is 1.00. The van der Waals surface area contributed by atoms with E-state index >= 15 is 0 Å². The second-order valence-corrected chi connectivity index (χ2v) is 4.65. The number of rotatable bonds is 0. The normalized spacial score (nSPS) is 37.6. The zero-order chi connectivity index (χ0) is 9.10. The van der Waals surface area contributed by atoms with Gasteiger partial charge in [0.1, 0.15) is 0 Å². The zero-order valence-electron chi connectivity index (χ0n) is 8.76. The van der Waals surface area contributed by atoms with Gasteiger partial charge in [-0.05, 0) is 51.7 Å². The van der Waals surface area contributed by atoms with Crippen LogP contribution in [0.4, 0.5) is 0 Å². The lowest BCUT2D eigenvalue weighted by atomic mass is 9.91. The van der Waals surface area contributed by atoms with Crippen LogP contribution in [-0.4, -0.2) is 37.6 Å². The van der Waals surface area contributed by atoms with Crippen LogP contribution in [0.2, 0.25) is 0 Å². The molecule has 0 aromatic heterocycles. The van der Waals surface area contributed by atoms with Gasteiger partial charge in [0.05, 0.1) is 0 Å². The lowest BCUT2D eigenvalue weighted by Gasteiger charge is -2.30. The van der Waals surface area contributed by atoms with E-state index in [2.05, 4.69) is 17.3 Å². The standard InChI is InChI=1S/C11H22N2/c1-13-8-3-2-5-10-6-4-7-12-9-11(10)13/h10-12H,2-9H2,1H3/t10-,11-/m1/s1. The summed E-state index contributed by atoms with van der Waals surface area (Å²) < 4.78 is 0. The average molecular weight is 182 g/mol. The molecule has 13 heavy (non-hydrogen) atoms. The molecule has 2 fully saturated rings. The minimum atomic E-state index is 0.824. The Morgan fingerprint density at radius 3 is 2.92 bits per heavy atom. The molecule has 2 heteroatoms. The Balaban J connectivity index is 2.03. The molecular weight excluding hydrogens is 160 g/mol. The van der Waals surface area contributed by atoms with Gasteiger partial charge in [0, 0.05) is 12.6 Å². The number of hydrogen-bond donors (Lipinski definition) is 1. The molecule has 0 bridgehead atoms. The Kier molecular flexibility index (Phi) is 3.23. The van der Waals surface area contributed by atoms with Gasteiger partial charge in [-0.2, -0.15) is 0 Å². The van der Waals surface area contributed by atoms with Gasteiger partial charge in [0.2, 0.25) is 0 Å². The van der Waals surface area contributed by atoms with Crippen molar-refractivity contribution in [2.24, 2.45) is 5.92 Å². The third-order valence-corrected chi connectivity index (χ3v) is 3.73. The highest BCUT2D eigenvalue weighted by Crippen LogP contribution is 2.26. The van der Waals surface area contributed by atoms with Crippen LogP contribution >= 0.6 is 0 Å². The van der Waals surface area contributed by atoms with Gasteiger partial charge in [-0.3, -0.25) is 0 Å². The maximum Gasteiger partial charge on any atom is 0.0245 e. The number of hydrogen-bond acceptors (Lipinski definition) is 2. The molecule has 0 unspecified atom stereocenters. The summed E-state index contributed by atoms with van der Waals surface area (Å²) >= 11 is 0. The summed E-state index contributed by atoms with van der Waals surface area (Å²) in [4.78, 5) is 2.58. The summed E-state index contributed by atoms with van der Waals surface area (Å²) in [6.45, 7) is 3.77. The third kappa shape index (κ3) is 2.23. The van der Waals surface area contributed by atoms with Gasteiger partial charge < -0.3 is 10.2 Å². The first kappa shape index (κ1) is 9.47. The first-order chi connectivity index (χ1) is 6.38. The SMILES string of the molecule is CN1CCCC[C@@H]2CCCNC[C@H]21. The molecule has 2 rings (SSSR count). The van der Waals surface area contributed by atoms with Gasteiger partial charge in [-0.25, -0.2) is 0 Å². The zero-order valence-corrected chi connectivity index (χ0v) is 8.76. The van der Waals surface area contributed by atoms with E-state index in [0.717, 1.165) is 12.0 Å². The number of likely N-dealkylation sites (N-methyl/N-ethyl adjacent to an activating group) is 1. The minimum absolute atomic E-state index is 0.824. The maximum atomic E-state index is 3.56. The third-order valence-electron chi connectivity index (χ3n) is 3.73. The van der Waals surface area contributed by atoms with Crippen molar-refractivity contribution in [3.05, 3.63) is 0 Å². The number of nitrogens with one attached hydrogen (secondary N) is 1. The van der Waals surface area contributed by atoms with Crippen LogP contribution in [0.5, 0.6) is 0 Å². The Bertz CT molecular complexity index is 156. The topological polar surface area (TPSA) is 15.3 Å². The Labute approximate surface area is 81.7 Å². The first-order valence-corrected chi connectivity index (χ1v) is 5.79. The Morgan fingerprint density at radius 1 is 1.15 bits per heavy atom. The van der Waals surface area contributed by atoms with Crippen molar-refractivity contribution in [3.8, 4) is 0 Å². The molecule has 0 aromatic carbocycles.